The smallest absolute Gasteiger partial charge is 0.220 e. The molecule has 5 heteroatoms. The number of carbonyl (C=O) groups is 1. The Labute approximate surface area is 118 Å². The Morgan fingerprint density at radius 1 is 1.37 bits per heavy atom. The molecule has 0 aliphatic heterocycles. The van der Waals surface area contributed by atoms with Crippen molar-refractivity contribution >= 4 is 17.7 Å². The molecule has 0 bridgehead atoms. The average Bonchev–Trinajstić information content (AvgIpc) is 2.37. The Morgan fingerprint density at radius 2 is 2.11 bits per heavy atom. The van der Waals surface area contributed by atoms with Crippen molar-refractivity contribution < 1.29 is 9.18 Å². The minimum absolute atomic E-state index is 0.0302. The fourth-order valence-corrected chi connectivity index (χ4v) is 2.42. The van der Waals surface area contributed by atoms with Crippen molar-refractivity contribution in [3.05, 3.63) is 30.1 Å². The van der Waals surface area contributed by atoms with Gasteiger partial charge in [0.1, 0.15) is 5.82 Å². The Bertz CT molecular complexity index is 399. The lowest BCUT2D eigenvalue weighted by molar-refractivity contribution is -0.120. The summed E-state index contributed by atoms with van der Waals surface area (Å²) in [5.74, 6) is 0.405. The van der Waals surface area contributed by atoms with Gasteiger partial charge in [0.05, 0.1) is 0 Å². The number of benzene rings is 1. The van der Waals surface area contributed by atoms with Gasteiger partial charge in [0.15, 0.2) is 0 Å². The van der Waals surface area contributed by atoms with Crippen molar-refractivity contribution in [3.8, 4) is 0 Å². The van der Waals surface area contributed by atoms with Gasteiger partial charge in [-0.05, 0) is 39.2 Å². The molecule has 106 valence electrons. The van der Waals surface area contributed by atoms with E-state index in [4.69, 9.17) is 0 Å². The van der Waals surface area contributed by atoms with Gasteiger partial charge < -0.3 is 10.2 Å². The summed E-state index contributed by atoms with van der Waals surface area (Å²) in [5.41, 5.74) is 0. The summed E-state index contributed by atoms with van der Waals surface area (Å²) in [6, 6.07) is 6.63. The summed E-state index contributed by atoms with van der Waals surface area (Å²) in [4.78, 5) is 14.2. The maximum Gasteiger partial charge on any atom is 0.220 e. The first kappa shape index (κ1) is 16.0. The molecule has 1 aromatic carbocycles. The van der Waals surface area contributed by atoms with E-state index in [0.29, 0.717) is 23.6 Å². The first-order valence-electron chi connectivity index (χ1n) is 6.38. The number of hydrogen-bond donors (Lipinski definition) is 1. The number of halogens is 1. The lowest BCUT2D eigenvalue weighted by atomic mass is 10.3. The predicted octanol–water partition coefficient (Wildman–Crippen LogP) is 2.38. The molecule has 0 aliphatic carbocycles. The molecule has 0 saturated heterocycles. The number of carbonyl (C=O) groups excluding carboxylic acids is 1. The van der Waals surface area contributed by atoms with E-state index in [9.17, 15) is 9.18 Å². The van der Waals surface area contributed by atoms with Crippen LogP contribution >= 0.6 is 11.8 Å². The maximum absolute atomic E-state index is 13.3. The van der Waals surface area contributed by atoms with Crippen LogP contribution in [0.4, 0.5) is 4.39 Å². The molecule has 0 heterocycles. The highest BCUT2D eigenvalue weighted by Crippen LogP contribution is 2.21. The van der Waals surface area contributed by atoms with E-state index in [2.05, 4.69) is 10.2 Å². The van der Waals surface area contributed by atoms with Crippen molar-refractivity contribution in [1.82, 2.24) is 10.2 Å². The lowest BCUT2D eigenvalue weighted by Gasteiger charge is -2.09. The number of hydrogen-bond acceptors (Lipinski definition) is 3. The fourth-order valence-electron chi connectivity index (χ4n) is 1.53. The van der Waals surface area contributed by atoms with Gasteiger partial charge in [-0.1, -0.05) is 12.1 Å². The number of thioether (sulfide) groups is 1. The van der Waals surface area contributed by atoms with Gasteiger partial charge in [0, 0.05) is 23.6 Å². The number of amides is 1. The van der Waals surface area contributed by atoms with Crippen LogP contribution in [0.25, 0.3) is 0 Å². The first-order chi connectivity index (χ1) is 9.09. The van der Waals surface area contributed by atoms with Crippen LogP contribution in [0, 0.1) is 5.82 Å². The van der Waals surface area contributed by atoms with E-state index >= 15 is 0 Å². The summed E-state index contributed by atoms with van der Waals surface area (Å²) in [6.45, 7) is 1.66. The van der Waals surface area contributed by atoms with Gasteiger partial charge in [-0.25, -0.2) is 4.39 Å². The number of rotatable bonds is 8. The molecule has 0 atom stereocenters. The highest BCUT2D eigenvalue weighted by molar-refractivity contribution is 7.99. The Balaban J connectivity index is 2.12. The molecular formula is C14H21FN2OS. The molecule has 1 rings (SSSR count). The second kappa shape index (κ2) is 8.93. The van der Waals surface area contributed by atoms with Gasteiger partial charge in [-0.15, -0.1) is 11.8 Å². The Hall–Kier alpha value is -1.07. The Kier molecular flexibility index (Phi) is 7.52. The summed E-state index contributed by atoms with van der Waals surface area (Å²) in [7, 11) is 4.01. The average molecular weight is 284 g/mol. The van der Waals surface area contributed by atoms with Gasteiger partial charge >= 0.3 is 0 Å². The zero-order chi connectivity index (χ0) is 14.1. The summed E-state index contributed by atoms with van der Waals surface area (Å²) >= 11 is 1.38. The highest BCUT2D eigenvalue weighted by atomic mass is 32.2. The van der Waals surface area contributed by atoms with Gasteiger partial charge in [0.2, 0.25) is 5.91 Å². The van der Waals surface area contributed by atoms with Crippen LogP contribution in [0.3, 0.4) is 0 Å². The second-order valence-electron chi connectivity index (χ2n) is 4.54. The monoisotopic (exact) mass is 284 g/mol. The minimum atomic E-state index is -0.223. The van der Waals surface area contributed by atoms with Gasteiger partial charge in [-0.2, -0.15) is 0 Å². The van der Waals surface area contributed by atoms with E-state index in [0.717, 1.165) is 13.0 Å². The summed E-state index contributed by atoms with van der Waals surface area (Å²) in [6.07, 6.45) is 1.36. The molecular weight excluding hydrogens is 263 g/mol. The van der Waals surface area contributed by atoms with Gasteiger partial charge in [-0.3, -0.25) is 4.79 Å². The molecule has 1 amide bonds. The van der Waals surface area contributed by atoms with E-state index in [1.807, 2.05) is 14.1 Å². The molecule has 0 unspecified atom stereocenters. The van der Waals surface area contributed by atoms with Crippen LogP contribution in [0.5, 0.6) is 0 Å². The molecule has 0 saturated carbocycles. The number of nitrogens with one attached hydrogen (secondary N) is 1. The van der Waals surface area contributed by atoms with Crippen LogP contribution in [-0.4, -0.2) is 43.7 Å². The van der Waals surface area contributed by atoms with Crippen molar-refractivity contribution in [2.45, 2.75) is 17.7 Å². The van der Waals surface area contributed by atoms with Crippen LogP contribution in [0.2, 0.25) is 0 Å². The van der Waals surface area contributed by atoms with Gasteiger partial charge in [0.25, 0.3) is 0 Å². The minimum Gasteiger partial charge on any atom is -0.356 e. The zero-order valence-corrected chi connectivity index (χ0v) is 12.3. The van der Waals surface area contributed by atoms with E-state index < -0.39 is 0 Å². The molecule has 0 spiro atoms. The third-order valence-electron chi connectivity index (χ3n) is 2.53. The van der Waals surface area contributed by atoms with Crippen molar-refractivity contribution in [1.29, 1.82) is 0 Å². The quantitative estimate of drug-likeness (QED) is 0.587. The molecule has 19 heavy (non-hydrogen) atoms. The molecule has 0 aliphatic rings. The lowest BCUT2D eigenvalue weighted by Crippen LogP contribution is -2.27. The normalized spacial score (nSPS) is 10.7. The second-order valence-corrected chi connectivity index (χ2v) is 5.67. The third-order valence-corrected chi connectivity index (χ3v) is 3.58. The van der Waals surface area contributed by atoms with Crippen LogP contribution in [-0.2, 0) is 4.79 Å². The largest absolute Gasteiger partial charge is 0.356 e. The highest BCUT2D eigenvalue weighted by Gasteiger charge is 2.04. The summed E-state index contributed by atoms with van der Waals surface area (Å²) in [5, 5.41) is 2.87. The molecule has 0 radical (unpaired) electrons. The van der Waals surface area contributed by atoms with Crippen LogP contribution in [0.1, 0.15) is 12.8 Å². The van der Waals surface area contributed by atoms with Crippen molar-refractivity contribution in [2.75, 3.05) is 32.9 Å². The third kappa shape index (κ3) is 7.18. The molecule has 1 N–H and O–H groups in total. The topological polar surface area (TPSA) is 32.3 Å². The molecule has 3 nitrogen and oxygen atoms in total. The van der Waals surface area contributed by atoms with Crippen molar-refractivity contribution in [2.24, 2.45) is 0 Å². The number of nitrogens with zero attached hydrogens (tertiary/aromatic N) is 1. The zero-order valence-electron chi connectivity index (χ0n) is 11.5. The SMILES string of the molecule is CN(C)CCCNC(=O)CCSc1ccccc1F. The van der Waals surface area contributed by atoms with E-state index in [1.165, 1.54) is 17.8 Å². The predicted molar refractivity (Wildman–Crippen MR) is 77.9 cm³/mol. The van der Waals surface area contributed by atoms with Crippen LogP contribution < -0.4 is 5.32 Å². The Morgan fingerprint density at radius 3 is 2.79 bits per heavy atom. The van der Waals surface area contributed by atoms with E-state index in [-0.39, 0.29) is 11.7 Å². The maximum atomic E-state index is 13.3. The standard InChI is InChI=1S/C14H21FN2OS/c1-17(2)10-5-9-16-14(18)8-11-19-13-7-4-3-6-12(13)15/h3-4,6-7H,5,8-11H2,1-2H3,(H,16,18). The fraction of sp³-hybridized carbons (Fsp3) is 0.500. The van der Waals surface area contributed by atoms with Crippen molar-refractivity contribution in [3.63, 3.8) is 0 Å². The van der Waals surface area contributed by atoms with E-state index in [1.54, 1.807) is 18.2 Å². The van der Waals surface area contributed by atoms with Crippen LogP contribution in [0.15, 0.2) is 29.2 Å². The first-order valence-corrected chi connectivity index (χ1v) is 7.37. The molecule has 0 aromatic heterocycles. The summed E-state index contributed by atoms with van der Waals surface area (Å²) < 4.78 is 13.3. The molecule has 0 fully saturated rings. The molecule has 1 aromatic rings.